The quantitative estimate of drug-likeness (QED) is 0.856. The highest BCUT2D eigenvalue weighted by Crippen LogP contribution is 2.28. The van der Waals surface area contributed by atoms with Crippen molar-refractivity contribution >= 4 is 10.0 Å². The Morgan fingerprint density at radius 1 is 0.923 bits per heavy atom. The van der Waals surface area contributed by atoms with E-state index in [1.165, 1.54) is 49.7 Å². The third-order valence-electron chi connectivity index (χ3n) is 6.68. The predicted molar refractivity (Wildman–Crippen MR) is 105 cm³/mol. The topological polar surface area (TPSA) is 49.4 Å². The van der Waals surface area contributed by atoms with Gasteiger partial charge in [0.05, 0.1) is 4.90 Å². The first-order chi connectivity index (χ1) is 12.6. The second-order valence-corrected chi connectivity index (χ2v) is 10.2. The molecule has 2 aliphatic carbocycles. The summed E-state index contributed by atoms with van der Waals surface area (Å²) in [6.07, 6.45) is 12.2. The molecule has 2 fully saturated rings. The van der Waals surface area contributed by atoms with E-state index in [9.17, 15) is 8.42 Å². The zero-order valence-corrected chi connectivity index (χ0v) is 16.6. The molecular weight excluding hydrogens is 344 g/mol. The summed E-state index contributed by atoms with van der Waals surface area (Å²) < 4.78 is 28.3. The third kappa shape index (κ3) is 4.15. The van der Waals surface area contributed by atoms with Gasteiger partial charge in [0.15, 0.2) is 0 Å². The standard InChI is InChI=1S/C21H32N2O2S/c24-26(25,21-10-9-18-5-1-2-6-19(18)15-21)22-16-17-11-13-23(14-12-17)20-7-3-4-8-20/h9-10,15,17,20,22H,1-8,11-14,16H2. The van der Waals surface area contributed by atoms with Gasteiger partial charge >= 0.3 is 0 Å². The molecule has 144 valence electrons. The van der Waals surface area contributed by atoms with Gasteiger partial charge in [0.2, 0.25) is 10.0 Å². The van der Waals surface area contributed by atoms with Crippen molar-refractivity contribution in [3.05, 3.63) is 29.3 Å². The van der Waals surface area contributed by atoms with Crippen LogP contribution in [-0.2, 0) is 22.9 Å². The van der Waals surface area contributed by atoms with E-state index in [-0.39, 0.29) is 0 Å². The van der Waals surface area contributed by atoms with Gasteiger partial charge in [-0.15, -0.1) is 0 Å². The van der Waals surface area contributed by atoms with Gasteiger partial charge < -0.3 is 4.90 Å². The van der Waals surface area contributed by atoms with Crippen molar-refractivity contribution in [2.45, 2.75) is 75.1 Å². The second kappa shape index (κ2) is 7.99. The van der Waals surface area contributed by atoms with Crippen LogP contribution in [0.3, 0.4) is 0 Å². The molecule has 0 unspecified atom stereocenters. The number of rotatable bonds is 5. The Morgan fingerprint density at radius 3 is 2.35 bits per heavy atom. The number of likely N-dealkylation sites (tertiary alicyclic amines) is 1. The SMILES string of the molecule is O=S(=O)(NCC1CCN(C2CCCC2)CC1)c1ccc2c(c1)CCCC2. The molecule has 1 saturated carbocycles. The van der Waals surface area contributed by atoms with Gasteiger partial charge in [0.1, 0.15) is 0 Å². The van der Waals surface area contributed by atoms with Crippen molar-refractivity contribution < 1.29 is 8.42 Å². The number of hydrogen-bond acceptors (Lipinski definition) is 3. The minimum atomic E-state index is -3.39. The van der Waals surface area contributed by atoms with Crippen LogP contribution in [-0.4, -0.2) is 39.0 Å². The number of fused-ring (bicyclic) bond motifs is 1. The Morgan fingerprint density at radius 2 is 1.62 bits per heavy atom. The predicted octanol–water partition coefficient (Wildman–Crippen LogP) is 3.50. The molecule has 0 radical (unpaired) electrons. The monoisotopic (exact) mass is 376 g/mol. The lowest BCUT2D eigenvalue weighted by molar-refractivity contribution is 0.135. The summed E-state index contributed by atoms with van der Waals surface area (Å²) >= 11 is 0. The number of hydrogen-bond donors (Lipinski definition) is 1. The Kier molecular flexibility index (Phi) is 5.67. The minimum Gasteiger partial charge on any atom is -0.300 e. The van der Waals surface area contributed by atoms with E-state index in [1.54, 1.807) is 6.07 Å². The van der Waals surface area contributed by atoms with Crippen molar-refractivity contribution in [3.63, 3.8) is 0 Å². The van der Waals surface area contributed by atoms with Crippen LogP contribution in [0.2, 0.25) is 0 Å². The van der Waals surface area contributed by atoms with E-state index in [4.69, 9.17) is 0 Å². The molecule has 1 aromatic rings. The van der Waals surface area contributed by atoms with Crippen LogP contribution in [0.1, 0.15) is 62.5 Å². The van der Waals surface area contributed by atoms with Crippen LogP contribution >= 0.6 is 0 Å². The number of sulfonamides is 1. The first-order valence-corrected chi connectivity index (χ1v) is 12.0. The molecule has 0 atom stereocenters. The number of nitrogens with one attached hydrogen (secondary N) is 1. The molecule has 4 rings (SSSR count). The fourth-order valence-corrected chi connectivity index (χ4v) is 6.15. The van der Waals surface area contributed by atoms with Crippen molar-refractivity contribution in [1.82, 2.24) is 9.62 Å². The van der Waals surface area contributed by atoms with E-state index in [1.807, 2.05) is 12.1 Å². The molecule has 0 spiro atoms. The van der Waals surface area contributed by atoms with Gasteiger partial charge in [-0.05, 0) is 93.6 Å². The Balaban J connectivity index is 1.31. The average Bonchev–Trinajstić information content (AvgIpc) is 3.21. The molecule has 0 bridgehead atoms. The average molecular weight is 377 g/mol. The number of nitrogens with zero attached hydrogens (tertiary/aromatic N) is 1. The zero-order valence-electron chi connectivity index (χ0n) is 15.8. The van der Waals surface area contributed by atoms with Gasteiger partial charge in [0, 0.05) is 12.6 Å². The van der Waals surface area contributed by atoms with Gasteiger partial charge in [-0.25, -0.2) is 13.1 Å². The fraction of sp³-hybridized carbons (Fsp3) is 0.714. The van der Waals surface area contributed by atoms with Crippen LogP contribution in [0, 0.1) is 5.92 Å². The largest absolute Gasteiger partial charge is 0.300 e. The minimum absolute atomic E-state index is 0.446. The molecule has 26 heavy (non-hydrogen) atoms. The first kappa shape index (κ1) is 18.5. The summed E-state index contributed by atoms with van der Waals surface area (Å²) in [5, 5.41) is 0. The highest BCUT2D eigenvalue weighted by atomic mass is 32.2. The molecule has 5 heteroatoms. The normalized spacial score (nSPS) is 23.2. The smallest absolute Gasteiger partial charge is 0.240 e. The van der Waals surface area contributed by atoms with Gasteiger partial charge in [0.25, 0.3) is 0 Å². The van der Waals surface area contributed by atoms with E-state index >= 15 is 0 Å². The number of piperidine rings is 1. The molecule has 1 aromatic carbocycles. The lowest BCUT2D eigenvalue weighted by Gasteiger charge is -2.36. The zero-order chi connectivity index (χ0) is 18.0. The number of benzene rings is 1. The molecule has 0 aromatic heterocycles. The van der Waals surface area contributed by atoms with Crippen molar-refractivity contribution in [2.75, 3.05) is 19.6 Å². The van der Waals surface area contributed by atoms with Crippen molar-refractivity contribution in [2.24, 2.45) is 5.92 Å². The van der Waals surface area contributed by atoms with Crippen molar-refractivity contribution in [3.8, 4) is 0 Å². The third-order valence-corrected chi connectivity index (χ3v) is 8.10. The molecular formula is C21H32N2O2S. The fourth-order valence-electron chi connectivity index (χ4n) is 4.98. The second-order valence-electron chi connectivity index (χ2n) is 8.41. The molecule has 4 nitrogen and oxygen atoms in total. The number of aryl methyl sites for hydroxylation is 2. The Hall–Kier alpha value is -0.910. The maximum Gasteiger partial charge on any atom is 0.240 e. The maximum absolute atomic E-state index is 12.7. The van der Waals surface area contributed by atoms with Gasteiger partial charge in [-0.3, -0.25) is 0 Å². The van der Waals surface area contributed by atoms with Crippen LogP contribution in [0.5, 0.6) is 0 Å². The summed E-state index contributed by atoms with van der Waals surface area (Å²) in [4.78, 5) is 3.09. The van der Waals surface area contributed by atoms with Gasteiger partial charge in [-0.1, -0.05) is 18.9 Å². The van der Waals surface area contributed by atoms with Gasteiger partial charge in [-0.2, -0.15) is 0 Å². The van der Waals surface area contributed by atoms with Crippen LogP contribution < -0.4 is 4.72 Å². The lowest BCUT2D eigenvalue weighted by atomic mass is 9.92. The first-order valence-electron chi connectivity index (χ1n) is 10.5. The van der Waals surface area contributed by atoms with Crippen LogP contribution in [0.4, 0.5) is 0 Å². The summed E-state index contributed by atoms with van der Waals surface area (Å²) in [5.74, 6) is 0.472. The van der Waals surface area contributed by atoms with Crippen molar-refractivity contribution in [1.29, 1.82) is 0 Å². The van der Waals surface area contributed by atoms with Crippen LogP contribution in [0.15, 0.2) is 23.1 Å². The van der Waals surface area contributed by atoms with E-state index < -0.39 is 10.0 Å². The lowest BCUT2D eigenvalue weighted by Crippen LogP contribution is -2.42. The molecule has 1 saturated heterocycles. The van der Waals surface area contributed by atoms with Crippen LogP contribution in [0.25, 0.3) is 0 Å². The Labute approximate surface area is 158 Å². The highest BCUT2D eigenvalue weighted by Gasteiger charge is 2.28. The van der Waals surface area contributed by atoms with E-state index in [2.05, 4.69) is 9.62 Å². The van der Waals surface area contributed by atoms with E-state index in [0.717, 1.165) is 44.8 Å². The summed E-state index contributed by atoms with van der Waals surface area (Å²) in [7, 11) is -3.39. The molecule has 1 N–H and O–H groups in total. The summed E-state index contributed by atoms with van der Waals surface area (Å²) in [6, 6.07) is 6.50. The molecule has 3 aliphatic rings. The van der Waals surface area contributed by atoms with E-state index in [0.29, 0.717) is 17.4 Å². The Bertz CT molecular complexity index is 718. The molecule has 0 amide bonds. The maximum atomic E-state index is 12.7. The summed E-state index contributed by atoms with van der Waals surface area (Å²) in [6.45, 7) is 2.85. The molecule has 1 heterocycles. The highest BCUT2D eigenvalue weighted by molar-refractivity contribution is 7.89. The summed E-state index contributed by atoms with van der Waals surface area (Å²) in [5.41, 5.74) is 2.55. The molecule has 1 aliphatic heterocycles.